The Morgan fingerprint density at radius 3 is 2.72 bits per heavy atom. The first-order chi connectivity index (χ1) is 13.7. The Labute approximate surface area is 173 Å². The van der Waals surface area contributed by atoms with Gasteiger partial charge in [0, 0.05) is 22.1 Å². The lowest BCUT2D eigenvalue weighted by molar-refractivity contribution is -0.385. The molecule has 1 heterocycles. The van der Waals surface area contributed by atoms with Crippen molar-refractivity contribution in [3.8, 4) is 0 Å². The average molecular weight is 416 g/mol. The normalized spacial score (nSPS) is 15.7. The van der Waals surface area contributed by atoms with E-state index in [1.165, 1.54) is 23.5 Å². The minimum Gasteiger partial charge on any atom is -0.459 e. The van der Waals surface area contributed by atoms with E-state index in [0.717, 1.165) is 29.7 Å². The van der Waals surface area contributed by atoms with Crippen molar-refractivity contribution in [2.45, 2.75) is 53.1 Å². The number of esters is 1. The lowest BCUT2D eigenvalue weighted by atomic mass is 9.88. The van der Waals surface area contributed by atoms with Gasteiger partial charge in [-0.3, -0.25) is 14.9 Å². The number of rotatable bonds is 5. The lowest BCUT2D eigenvalue weighted by Gasteiger charge is -2.19. The number of nitrogens with one attached hydrogen (secondary N) is 1. The lowest BCUT2D eigenvalue weighted by Crippen LogP contribution is -2.19. The van der Waals surface area contributed by atoms with Gasteiger partial charge in [0.1, 0.15) is 5.00 Å². The van der Waals surface area contributed by atoms with Crippen LogP contribution in [0.4, 0.5) is 10.7 Å². The van der Waals surface area contributed by atoms with E-state index in [-0.39, 0.29) is 22.9 Å². The van der Waals surface area contributed by atoms with Crippen LogP contribution in [0.5, 0.6) is 0 Å². The Morgan fingerprint density at radius 2 is 2.07 bits per heavy atom. The van der Waals surface area contributed by atoms with Crippen molar-refractivity contribution in [3.63, 3.8) is 0 Å². The first-order valence-corrected chi connectivity index (χ1v) is 10.4. The van der Waals surface area contributed by atoms with Crippen LogP contribution in [0.25, 0.3) is 0 Å². The summed E-state index contributed by atoms with van der Waals surface area (Å²) in [6, 6.07) is 4.39. The average Bonchev–Trinajstić information content (AvgIpc) is 2.97. The number of fused-ring (bicyclic) bond motifs is 1. The Balaban J connectivity index is 1.99. The fraction of sp³-hybridized carbons (Fsp3) is 0.429. The van der Waals surface area contributed by atoms with Crippen molar-refractivity contribution >= 4 is 33.9 Å². The van der Waals surface area contributed by atoms with Crippen molar-refractivity contribution in [3.05, 3.63) is 55.4 Å². The van der Waals surface area contributed by atoms with Gasteiger partial charge in [0.25, 0.3) is 11.6 Å². The third-order valence-electron chi connectivity index (χ3n) is 5.03. The number of hydrogen-bond acceptors (Lipinski definition) is 6. The van der Waals surface area contributed by atoms with Gasteiger partial charge >= 0.3 is 5.97 Å². The van der Waals surface area contributed by atoms with Gasteiger partial charge in [0.15, 0.2) is 0 Å². The van der Waals surface area contributed by atoms with Crippen molar-refractivity contribution in [2.75, 3.05) is 5.32 Å². The largest absolute Gasteiger partial charge is 0.459 e. The van der Waals surface area contributed by atoms with E-state index < -0.39 is 16.8 Å². The number of anilines is 1. The summed E-state index contributed by atoms with van der Waals surface area (Å²) in [5.41, 5.74) is 1.75. The second kappa shape index (κ2) is 8.32. The zero-order valence-electron chi connectivity index (χ0n) is 16.9. The van der Waals surface area contributed by atoms with Crippen LogP contribution in [0, 0.1) is 23.0 Å². The maximum absolute atomic E-state index is 12.9. The van der Waals surface area contributed by atoms with E-state index in [1.807, 2.05) is 0 Å². The zero-order valence-corrected chi connectivity index (χ0v) is 17.7. The summed E-state index contributed by atoms with van der Waals surface area (Å²) in [4.78, 5) is 37.4. The van der Waals surface area contributed by atoms with Crippen molar-refractivity contribution in [2.24, 2.45) is 5.92 Å². The highest BCUT2D eigenvalue weighted by Crippen LogP contribution is 2.40. The number of nitrogens with zero attached hydrogens (tertiary/aromatic N) is 1. The molecular formula is C21H24N2O5S. The molecule has 2 aromatic rings. The molecule has 0 saturated heterocycles. The molecule has 0 bridgehead atoms. The fourth-order valence-corrected chi connectivity index (χ4v) is 4.96. The molecule has 7 nitrogen and oxygen atoms in total. The number of ether oxygens (including phenoxy) is 1. The summed E-state index contributed by atoms with van der Waals surface area (Å²) in [7, 11) is 0. The van der Waals surface area contributed by atoms with E-state index in [0.29, 0.717) is 16.5 Å². The predicted molar refractivity (Wildman–Crippen MR) is 112 cm³/mol. The van der Waals surface area contributed by atoms with E-state index in [4.69, 9.17) is 4.74 Å². The number of benzene rings is 1. The van der Waals surface area contributed by atoms with Crippen molar-refractivity contribution in [1.29, 1.82) is 0 Å². The van der Waals surface area contributed by atoms with Crippen LogP contribution < -0.4 is 5.32 Å². The molecule has 0 radical (unpaired) electrons. The SMILES string of the molecule is Cc1c(C(=O)Nc2sc3c(c2C(=O)OC(C)C)CC[C@@H](C)C3)cccc1[N+](=O)[O-]. The Bertz CT molecular complexity index is 980. The minimum absolute atomic E-state index is 0.114. The van der Waals surface area contributed by atoms with Gasteiger partial charge in [-0.05, 0) is 57.6 Å². The van der Waals surface area contributed by atoms with Gasteiger partial charge in [0.05, 0.1) is 16.6 Å². The molecule has 1 N–H and O–H groups in total. The smallest absolute Gasteiger partial charge is 0.341 e. The van der Waals surface area contributed by atoms with Crippen LogP contribution in [0.3, 0.4) is 0 Å². The molecule has 0 aliphatic heterocycles. The Kier molecular flexibility index (Phi) is 6.02. The van der Waals surface area contributed by atoms with Crippen LogP contribution in [0.15, 0.2) is 18.2 Å². The second-order valence-electron chi connectivity index (χ2n) is 7.67. The van der Waals surface area contributed by atoms with Gasteiger partial charge < -0.3 is 10.1 Å². The highest BCUT2D eigenvalue weighted by molar-refractivity contribution is 7.17. The molecule has 1 aromatic carbocycles. The van der Waals surface area contributed by atoms with Gasteiger partial charge in [-0.1, -0.05) is 13.0 Å². The number of amides is 1. The molecule has 29 heavy (non-hydrogen) atoms. The highest BCUT2D eigenvalue weighted by atomic mass is 32.1. The second-order valence-corrected chi connectivity index (χ2v) is 8.78. The number of carbonyl (C=O) groups is 2. The van der Waals surface area contributed by atoms with Gasteiger partial charge in [-0.15, -0.1) is 11.3 Å². The quantitative estimate of drug-likeness (QED) is 0.424. The number of hydrogen-bond donors (Lipinski definition) is 1. The molecule has 0 fully saturated rings. The molecule has 1 aliphatic carbocycles. The summed E-state index contributed by atoms with van der Waals surface area (Å²) >= 11 is 1.39. The van der Waals surface area contributed by atoms with Crippen molar-refractivity contribution < 1.29 is 19.2 Å². The third kappa shape index (κ3) is 4.32. The number of thiophene rings is 1. The van der Waals surface area contributed by atoms with Crippen LogP contribution in [-0.2, 0) is 17.6 Å². The maximum Gasteiger partial charge on any atom is 0.341 e. The Morgan fingerprint density at radius 1 is 1.34 bits per heavy atom. The van der Waals surface area contributed by atoms with Crippen LogP contribution >= 0.6 is 11.3 Å². The van der Waals surface area contributed by atoms with Crippen molar-refractivity contribution in [1.82, 2.24) is 0 Å². The van der Waals surface area contributed by atoms with Gasteiger partial charge in [0.2, 0.25) is 0 Å². The van der Waals surface area contributed by atoms with Gasteiger partial charge in [-0.2, -0.15) is 0 Å². The van der Waals surface area contributed by atoms with Crippen LogP contribution in [0.1, 0.15) is 63.9 Å². The molecule has 8 heteroatoms. The number of carbonyl (C=O) groups excluding carboxylic acids is 2. The Hall–Kier alpha value is -2.74. The number of nitro benzene ring substituents is 1. The summed E-state index contributed by atoms with van der Waals surface area (Å²) in [6.07, 6.45) is 2.32. The molecule has 1 aromatic heterocycles. The van der Waals surface area contributed by atoms with E-state index in [2.05, 4.69) is 12.2 Å². The molecule has 0 saturated carbocycles. The maximum atomic E-state index is 12.9. The van der Waals surface area contributed by atoms with E-state index in [1.54, 1.807) is 26.8 Å². The van der Waals surface area contributed by atoms with Gasteiger partial charge in [-0.25, -0.2) is 4.79 Å². The molecule has 1 aliphatic rings. The summed E-state index contributed by atoms with van der Waals surface area (Å²) in [5, 5.41) is 14.4. The number of nitro groups is 1. The molecule has 0 spiro atoms. The zero-order chi connectivity index (χ0) is 21.3. The highest BCUT2D eigenvalue weighted by Gasteiger charge is 2.30. The van der Waals surface area contributed by atoms with E-state index >= 15 is 0 Å². The molecule has 1 amide bonds. The minimum atomic E-state index is -0.511. The summed E-state index contributed by atoms with van der Waals surface area (Å²) < 4.78 is 5.42. The van der Waals surface area contributed by atoms with Crippen LogP contribution in [-0.4, -0.2) is 22.9 Å². The summed E-state index contributed by atoms with van der Waals surface area (Å²) in [6.45, 7) is 7.27. The molecule has 3 rings (SSSR count). The summed E-state index contributed by atoms with van der Waals surface area (Å²) in [5.74, 6) is -0.410. The predicted octanol–water partition coefficient (Wildman–Crippen LogP) is 4.91. The first-order valence-electron chi connectivity index (χ1n) is 9.59. The fourth-order valence-electron chi connectivity index (χ4n) is 3.57. The molecule has 1 atom stereocenters. The topological polar surface area (TPSA) is 98.5 Å². The third-order valence-corrected chi connectivity index (χ3v) is 6.20. The molecule has 154 valence electrons. The van der Waals surface area contributed by atoms with Crippen LogP contribution in [0.2, 0.25) is 0 Å². The molecular weight excluding hydrogens is 392 g/mol. The monoisotopic (exact) mass is 416 g/mol. The first kappa shape index (κ1) is 21.0. The van der Waals surface area contributed by atoms with E-state index in [9.17, 15) is 19.7 Å². The molecule has 0 unspecified atom stereocenters. The standard InChI is InChI=1S/C21H24N2O5S/c1-11(2)28-21(25)18-15-9-8-12(3)10-17(15)29-20(18)22-19(24)14-6-5-7-16(13(14)4)23(26)27/h5-7,11-12H,8-10H2,1-4H3,(H,22,24)/t12-/m1/s1.